The lowest BCUT2D eigenvalue weighted by atomic mass is 9.92. The molecule has 0 aromatic heterocycles. The highest BCUT2D eigenvalue weighted by Crippen LogP contribution is 2.32. The number of hydrogen-bond donors (Lipinski definition) is 3. The van der Waals surface area contributed by atoms with Crippen LogP contribution in [0.1, 0.15) is 41.6 Å². The number of rotatable bonds is 5. The molecule has 1 aliphatic carbocycles. The van der Waals surface area contributed by atoms with Crippen molar-refractivity contribution in [3.63, 3.8) is 0 Å². The maximum Gasteiger partial charge on any atom is 0.352 e. The number of amides is 2. The standard InChI is InChI=1S/C21H19F5N2O3/c22-16-7-1-11(19(30)27-13-4-8-17(23)18(24)10-13)9-15(16)21(25,26)20(31)28-12-2-5-14(29)6-3-12/h1,4,7-10,12,14,29H,2-3,5-6H2,(H,27,30)(H,28,31)/t12-,14-. The van der Waals surface area contributed by atoms with Gasteiger partial charge in [-0.1, -0.05) is 0 Å². The number of anilines is 1. The summed E-state index contributed by atoms with van der Waals surface area (Å²) in [6.07, 6.45) is 0.773. The van der Waals surface area contributed by atoms with E-state index in [2.05, 4.69) is 10.6 Å². The van der Waals surface area contributed by atoms with E-state index in [9.17, 15) is 36.6 Å². The summed E-state index contributed by atoms with van der Waals surface area (Å²) in [6, 6.07) is 4.02. The summed E-state index contributed by atoms with van der Waals surface area (Å²) in [5.41, 5.74) is -1.84. The first-order valence-electron chi connectivity index (χ1n) is 9.51. The van der Waals surface area contributed by atoms with E-state index in [1.165, 1.54) is 0 Å². The van der Waals surface area contributed by atoms with Crippen LogP contribution in [0, 0.1) is 17.5 Å². The van der Waals surface area contributed by atoms with Gasteiger partial charge in [0.2, 0.25) is 0 Å². The zero-order valence-electron chi connectivity index (χ0n) is 16.1. The van der Waals surface area contributed by atoms with E-state index >= 15 is 0 Å². The molecule has 2 amide bonds. The molecule has 0 aliphatic heterocycles. The minimum absolute atomic E-state index is 0.140. The first kappa shape index (κ1) is 22.7. The topological polar surface area (TPSA) is 78.4 Å². The summed E-state index contributed by atoms with van der Waals surface area (Å²) in [6.45, 7) is 0. The Labute approximate surface area is 174 Å². The van der Waals surface area contributed by atoms with Crippen LogP contribution in [0.4, 0.5) is 27.6 Å². The second-order valence-corrected chi connectivity index (χ2v) is 7.33. The predicted octanol–water partition coefficient (Wildman–Crippen LogP) is 3.87. The van der Waals surface area contributed by atoms with Gasteiger partial charge in [0.15, 0.2) is 11.6 Å². The van der Waals surface area contributed by atoms with Gasteiger partial charge in [0.1, 0.15) is 5.82 Å². The van der Waals surface area contributed by atoms with Crippen molar-refractivity contribution >= 4 is 17.5 Å². The number of nitrogens with one attached hydrogen (secondary N) is 2. The number of halogens is 5. The minimum atomic E-state index is -4.27. The van der Waals surface area contributed by atoms with Gasteiger partial charge in [0.05, 0.1) is 11.7 Å². The Balaban J connectivity index is 1.77. The number of carbonyl (C=O) groups is 2. The van der Waals surface area contributed by atoms with E-state index in [0.717, 1.165) is 18.2 Å². The molecule has 2 aromatic carbocycles. The fraction of sp³-hybridized carbons (Fsp3) is 0.333. The maximum absolute atomic E-state index is 14.7. The highest BCUT2D eigenvalue weighted by molar-refractivity contribution is 6.04. The molecule has 31 heavy (non-hydrogen) atoms. The second-order valence-electron chi connectivity index (χ2n) is 7.33. The van der Waals surface area contributed by atoms with Gasteiger partial charge in [0.25, 0.3) is 11.8 Å². The zero-order chi connectivity index (χ0) is 22.8. The monoisotopic (exact) mass is 442 g/mol. The molecule has 1 saturated carbocycles. The Kier molecular flexibility index (Phi) is 6.59. The highest BCUT2D eigenvalue weighted by atomic mass is 19.3. The Bertz CT molecular complexity index is 991. The van der Waals surface area contributed by atoms with Gasteiger partial charge in [0, 0.05) is 23.4 Å². The van der Waals surface area contributed by atoms with E-state index in [1.54, 1.807) is 0 Å². The molecule has 1 aliphatic rings. The van der Waals surface area contributed by atoms with Gasteiger partial charge < -0.3 is 15.7 Å². The summed E-state index contributed by atoms with van der Waals surface area (Å²) >= 11 is 0. The van der Waals surface area contributed by atoms with Gasteiger partial charge >= 0.3 is 5.92 Å². The van der Waals surface area contributed by atoms with Crippen LogP contribution in [0.25, 0.3) is 0 Å². The lowest BCUT2D eigenvalue weighted by Gasteiger charge is -2.28. The molecule has 1 fully saturated rings. The molecule has 10 heteroatoms. The number of hydrogen-bond acceptors (Lipinski definition) is 3. The summed E-state index contributed by atoms with van der Waals surface area (Å²) in [5, 5.41) is 13.8. The van der Waals surface area contributed by atoms with E-state index in [0.29, 0.717) is 43.9 Å². The number of benzene rings is 2. The van der Waals surface area contributed by atoms with Gasteiger partial charge in [-0.15, -0.1) is 0 Å². The van der Waals surface area contributed by atoms with Crippen molar-refractivity contribution in [3.05, 3.63) is 65.0 Å². The molecule has 3 N–H and O–H groups in total. The summed E-state index contributed by atoms with van der Waals surface area (Å²) in [4.78, 5) is 24.4. The SMILES string of the molecule is O=C(Nc1ccc(F)c(F)c1)c1ccc(F)c(C(F)(F)C(=O)N[C@H]2CC[C@H](O)CC2)c1. The Morgan fingerprint density at radius 3 is 2.19 bits per heavy atom. The Morgan fingerprint density at radius 1 is 0.903 bits per heavy atom. The second kappa shape index (κ2) is 9.01. The smallest absolute Gasteiger partial charge is 0.352 e. The number of carbonyl (C=O) groups excluding carboxylic acids is 2. The zero-order valence-corrected chi connectivity index (χ0v) is 16.1. The van der Waals surface area contributed by atoms with E-state index in [-0.39, 0.29) is 5.69 Å². The van der Waals surface area contributed by atoms with E-state index in [1.807, 2.05) is 0 Å². The third kappa shape index (κ3) is 5.19. The normalized spacial score (nSPS) is 19.0. The molecule has 0 unspecified atom stereocenters. The fourth-order valence-electron chi connectivity index (χ4n) is 3.30. The number of aliphatic hydroxyl groups excluding tert-OH is 1. The number of alkyl halides is 2. The molecular formula is C21H19F5N2O3. The molecule has 3 rings (SSSR count). The molecule has 2 aromatic rings. The molecular weight excluding hydrogens is 423 g/mol. The molecule has 0 heterocycles. The Morgan fingerprint density at radius 2 is 1.55 bits per heavy atom. The van der Waals surface area contributed by atoms with Crippen molar-refractivity contribution in [3.8, 4) is 0 Å². The van der Waals surface area contributed by atoms with Crippen molar-refractivity contribution in [2.45, 2.75) is 43.8 Å². The van der Waals surface area contributed by atoms with Gasteiger partial charge in [-0.25, -0.2) is 13.2 Å². The third-order valence-corrected chi connectivity index (χ3v) is 5.06. The van der Waals surface area contributed by atoms with Crippen molar-refractivity contribution in [2.24, 2.45) is 0 Å². The average molecular weight is 442 g/mol. The number of aliphatic hydroxyl groups is 1. The van der Waals surface area contributed by atoms with Crippen LogP contribution in [0.15, 0.2) is 36.4 Å². The van der Waals surface area contributed by atoms with Gasteiger partial charge in [-0.3, -0.25) is 9.59 Å². The average Bonchev–Trinajstić information content (AvgIpc) is 2.72. The van der Waals surface area contributed by atoms with E-state index in [4.69, 9.17) is 0 Å². The Hall–Kier alpha value is -3.01. The minimum Gasteiger partial charge on any atom is -0.393 e. The van der Waals surface area contributed by atoms with Gasteiger partial charge in [-0.05, 0) is 56.0 Å². The molecule has 0 saturated heterocycles. The van der Waals surface area contributed by atoms with Crippen molar-refractivity contribution in [1.82, 2.24) is 5.32 Å². The van der Waals surface area contributed by atoms with E-state index < -0.39 is 58.5 Å². The predicted molar refractivity (Wildman–Crippen MR) is 101 cm³/mol. The lowest BCUT2D eigenvalue weighted by molar-refractivity contribution is -0.148. The van der Waals surface area contributed by atoms with Crippen LogP contribution >= 0.6 is 0 Å². The maximum atomic E-state index is 14.7. The van der Waals surface area contributed by atoms with Crippen molar-refractivity contribution < 1.29 is 36.6 Å². The highest BCUT2D eigenvalue weighted by Gasteiger charge is 2.44. The first-order valence-corrected chi connectivity index (χ1v) is 9.51. The molecule has 166 valence electrons. The van der Waals surface area contributed by atoms with Crippen LogP contribution in [-0.2, 0) is 10.7 Å². The quantitative estimate of drug-likeness (QED) is 0.616. The lowest BCUT2D eigenvalue weighted by Crippen LogP contribution is -2.46. The fourth-order valence-corrected chi connectivity index (χ4v) is 3.30. The summed E-state index contributed by atoms with van der Waals surface area (Å²) in [5.74, 6) is -10.7. The molecule has 0 radical (unpaired) electrons. The molecule has 5 nitrogen and oxygen atoms in total. The van der Waals surface area contributed by atoms with Crippen LogP contribution in [0.5, 0.6) is 0 Å². The van der Waals surface area contributed by atoms with Crippen LogP contribution in [0.3, 0.4) is 0 Å². The van der Waals surface area contributed by atoms with Crippen LogP contribution < -0.4 is 10.6 Å². The summed E-state index contributed by atoms with van der Waals surface area (Å²) < 4.78 is 69.8. The van der Waals surface area contributed by atoms with Gasteiger partial charge in [-0.2, -0.15) is 8.78 Å². The van der Waals surface area contributed by atoms with Crippen LogP contribution in [-0.4, -0.2) is 29.1 Å². The van der Waals surface area contributed by atoms with Crippen molar-refractivity contribution in [2.75, 3.05) is 5.32 Å². The third-order valence-electron chi connectivity index (χ3n) is 5.06. The molecule has 0 bridgehead atoms. The van der Waals surface area contributed by atoms with Crippen LogP contribution in [0.2, 0.25) is 0 Å². The molecule has 0 atom stereocenters. The summed E-state index contributed by atoms with van der Waals surface area (Å²) in [7, 11) is 0. The first-order chi connectivity index (χ1) is 14.6. The molecule has 0 spiro atoms. The van der Waals surface area contributed by atoms with Crippen molar-refractivity contribution in [1.29, 1.82) is 0 Å². The largest absolute Gasteiger partial charge is 0.393 e.